The Morgan fingerprint density at radius 1 is 1.22 bits per heavy atom. The second-order valence-corrected chi connectivity index (χ2v) is 5.67. The number of benzene rings is 1. The number of aromatic nitrogens is 1. The number of nitrogens with one attached hydrogen (secondary N) is 1. The van der Waals surface area contributed by atoms with Gasteiger partial charge in [-0.05, 0) is 62.5 Å². The van der Waals surface area contributed by atoms with Gasteiger partial charge in [0.05, 0.1) is 4.47 Å². The van der Waals surface area contributed by atoms with Gasteiger partial charge >= 0.3 is 0 Å². The molecule has 0 aliphatic heterocycles. The first-order valence-electron chi connectivity index (χ1n) is 5.39. The van der Waals surface area contributed by atoms with Gasteiger partial charge in [0.1, 0.15) is 11.6 Å². The lowest BCUT2D eigenvalue weighted by atomic mass is 10.1. The summed E-state index contributed by atoms with van der Waals surface area (Å²) < 4.78 is 14.6. The maximum Gasteiger partial charge on any atom is 0.140 e. The molecule has 1 aromatic carbocycles. The van der Waals surface area contributed by atoms with E-state index in [1.165, 1.54) is 12.1 Å². The summed E-state index contributed by atoms with van der Waals surface area (Å²) in [7, 11) is 0. The maximum absolute atomic E-state index is 12.8. The van der Waals surface area contributed by atoms with Crippen LogP contribution < -0.4 is 5.32 Å². The molecule has 0 amide bonds. The summed E-state index contributed by atoms with van der Waals surface area (Å²) in [6, 6.07) is 8.41. The van der Waals surface area contributed by atoms with E-state index < -0.39 is 0 Å². The average Bonchev–Trinajstić information content (AvgIpc) is 2.33. The van der Waals surface area contributed by atoms with Crippen LogP contribution in [0.15, 0.2) is 45.5 Å². The Labute approximate surface area is 122 Å². The molecule has 1 unspecified atom stereocenters. The van der Waals surface area contributed by atoms with Gasteiger partial charge in [-0.15, -0.1) is 0 Å². The highest BCUT2D eigenvalue weighted by Gasteiger charge is 2.08. The van der Waals surface area contributed by atoms with Crippen molar-refractivity contribution < 1.29 is 4.39 Å². The second-order valence-electron chi connectivity index (χ2n) is 3.90. The molecule has 18 heavy (non-hydrogen) atoms. The smallest absolute Gasteiger partial charge is 0.140 e. The molecule has 94 valence electrons. The molecule has 0 saturated heterocycles. The minimum Gasteiger partial charge on any atom is -0.363 e. The van der Waals surface area contributed by atoms with Gasteiger partial charge < -0.3 is 5.32 Å². The first kappa shape index (κ1) is 13.5. The van der Waals surface area contributed by atoms with E-state index in [-0.39, 0.29) is 11.9 Å². The Morgan fingerprint density at radius 3 is 2.50 bits per heavy atom. The third kappa shape index (κ3) is 3.29. The fraction of sp³-hybridized carbons (Fsp3) is 0.154. The number of halogens is 3. The van der Waals surface area contributed by atoms with Crippen molar-refractivity contribution in [1.82, 2.24) is 4.98 Å². The highest BCUT2D eigenvalue weighted by atomic mass is 79.9. The van der Waals surface area contributed by atoms with Gasteiger partial charge in [-0.2, -0.15) is 0 Å². The molecule has 2 nitrogen and oxygen atoms in total. The van der Waals surface area contributed by atoms with E-state index in [4.69, 9.17) is 0 Å². The van der Waals surface area contributed by atoms with Crippen LogP contribution in [0.4, 0.5) is 10.2 Å². The van der Waals surface area contributed by atoms with E-state index in [0.717, 1.165) is 20.3 Å². The molecule has 0 aliphatic rings. The molecule has 0 saturated carbocycles. The van der Waals surface area contributed by atoms with E-state index in [0.29, 0.717) is 0 Å². The number of pyridine rings is 1. The third-order valence-electron chi connectivity index (χ3n) is 2.53. The van der Waals surface area contributed by atoms with Crippen LogP contribution in [0.25, 0.3) is 0 Å². The van der Waals surface area contributed by atoms with Crippen LogP contribution >= 0.6 is 31.9 Å². The van der Waals surface area contributed by atoms with Crippen LogP contribution in [0.5, 0.6) is 0 Å². The summed E-state index contributed by atoms with van der Waals surface area (Å²) in [4.78, 5) is 4.28. The molecule has 1 N–H and O–H groups in total. The van der Waals surface area contributed by atoms with Crippen molar-refractivity contribution in [2.24, 2.45) is 0 Å². The highest BCUT2D eigenvalue weighted by Crippen LogP contribution is 2.27. The Hall–Kier alpha value is -0.940. The van der Waals surface area contributed by atoms with Gasteiger partial charge in [0.15, 0.2) is 0 Å². The number of hydrogen-bond donors (Lipinski definition) is 1. The van der Waals surface area contributed by atoms with E-state index >= 15 is 0 Å². The topological polar surface area (TPSA) is 24.9 Å². The molecule has 0 aliphatic carbocycles. The molecule has 1 aromatic heterocycles. The van der Waals surface area contributed by atoms with Crippen molar-refractivity contribution in [3.05, 3.63) is 56.9 Å². The molecule has 1 heterocycles. The number of rotatable bonds is 3. The normalized spacial score (nSPS) is 12.2. The number of hydrogen-bond acceptors (Lipinski definition) is 2. The van der Waals surface area contributed by atoms with Crippen LogP contribution in [0, 0.1) is 5.82 Å². The molecule has 0 radical (unpaired) electrons. The summed E-state index contributed by atoms with van der Waals surface area (Å²) in [5.74, 6) is 0.531. The molecular weight excluding hydrogens is 363 g/mol. The monoisotopic (exact) mass is 372 g/mol. The Balaban J connectivity index is 2.15. The minimum absolute atomic E-state index is 0.0515. The van der Waals surface area contributed by atoms with Crippen LogP contribution in [0.2, 0.25) is 0 Å². The first-order valence-corrected chi connectivity index (χ1v) is 6.98. The van der Waals surface area contributed by atoms with Gasteiger partial charge in [-0.1, -0.05) is 12.1 Å². The van der Waals surface area contributed by atoms with Crippen LogP contribution in [0.1, 0.15) is 18.5 Å². The maximum atomic E-state index is 12.8. The molecule has 1 atom stereocenters. The Bertz CT molecular complexity index is 543. The summed E-state index contributed by atoms with van der Waals surface area (Å²) in [5.41, 5.74) is 1.01. The largest absolute Gasteiger partial charge is 0.363 e. The Morgan fingerprint density at radius 2 is 1.89 bits per heavy atom. The van der Waals surface area contributed by atoms with Crippen molar-refractivity contribution in [3.63, 3.8) is 0 Å². The standard InChI is InChI=1S/C13H11Br2FN2/c1-8(9-2-4-11(16)5-3-9)18-13-12(15)6-10(14)7-17-13/h2-8H,1H3,(H,17,18). The van der Waals surface area contributed by atoms with E-state index in [2.05, 4.69) is 42.2 Å². The van der Waals surface area contributed by atoms with Gasteiger partial charge in [0, 0.05) is 16.7 Å². The van der Waals surface area contributed by atoms with Crippen molar-refractivity contribution in [2.75, 3.05) is 5.32 Å². The summed E-state index contributed by atoms with van der Waals surface area (Å²) in [6.45, 7) is 2.00. The minimum atomic E-state index is -0.228. The lowest BCUT2D eigenvalue weighted by Gasteiger charge is -2.16. The molecule has 5 heteroatoms. The van der Waals surface area contributed by atoms with Crippen molar-refractivity contribution in [3.8, 4) is 0 Å². The number of nitrogens with zero attached hydrogens (tertiary/aromatic N) is 1. The molecule has 2 aromatic rings. The van der Waals surface area contributed by atoms with Crippen LogP contribution in [-0.2, 0) is 0 Å². The fourth-order valence-corrected chi connectivity index (χ4v) is 2.66. The predicted octanol–water partition coefficient (Wildman–Crippen LogP) is 4.92. The molecule has 0 fully saturated rings. The van der Waals surface area contributed by atoms with Crippen molar-refractivity contribution in [1.29, 1.82) is 0 Å². The van der Waals surface area contributed by atoms with Gasteiger partial charge in [-0.3, -0.25) is 0 Å². The third-order valence-corrected chi connectivity index (χ3v) is 3.57. The van der Waals surface area contributed by atoms with Gasteiger partial charge in [0.25, 0.3) is 0 Å². The lowest BCUT2D eigenvalue weighted by molar-refractivity contribution is 0.626. The van der Waals surface area contributed by atoms with Gasteiger partial charge in [0.2, 0.25) is 0 Å². The van der Waals surface area contributed by atoms with Crippen molar-refractivity contribution in [2.45, 2.75) is 13.0 Å². The van der Waals surface area contributed by atoms with Crippen LogP contribution in [0.3, 0.4) is 0 Å². The zero-order valence-corrected chi connectivity index (χ0v) is 12.8. The first-order chi connectivity index (χ1) is 8.56. The number of anilines is 1. The SMILES string of the molecule is CC(Nc1ncc(Br)cc1Br)c1ccc(F)cc1. The van der Waals surface area contributed by atoms with E-state index in [1.54, 1.807) is 18.3 Å². The predicted molar refractivity (Wildman–Crippen MR) is 78.1 cm³/mol. The summed E-state index contributed by atoms with van der Waals surface area (Å²) >= 11 is 6.80. The molecule has 0 spiro atoms. The Kier molecular flexibility index (Phi) is 4.35. The van der Waals surface area contributed by atoms with Crippen LogP contribution in [-0.4, -0.2) is 4.98 Å². The average molecular weight is 374 g/mol. The zero-order valence-electron chi connectivity index (χ0n) is 9.62. The lowest BCUT2D eigenvalue weighted by Crippen LogP contribution is -2.08. The van der Waals surface area contributed by atoms with E-state index in [1.807, 2.05) is 13.0 Å². The summed E-state index contributed by atoms with van der Waals surface area (Å²) in [6.07, 6.45) is 1.73. The zero-order chi connectivity index (χ0) is 13.1. The van der Waals surface area contributed by atoms with Crippen molar-refractivity contribution >= 4 is 37.7 Å². The van der Waals surface area contributed by atoms with Gasteiger partial charge in [-0.25, -0.2) is 9.37 Å². The quantitative estimate of drug-likeness (QED) is 0.825. The highest BCUT2D eigenvalue weighted by molar-refractivity contribution is 9.11. The fourth-order valence-electron chi connectivity index (χ4n) is 1.56. The molecular formula is C13H11Br2FN2. The molecule has 0 bridgehead atoms. The van der Waals surface area contributed by atoms with E-state index in [9.17, 15) is 4.39 Å². The molecule has 2 rings (SSSR count). The second kappa shape index (κ2) is 5.80. The summed E-state index contributed by atoms with van der Waals surface area (Å²) in [5, 5.41) is 3.27.